The van der Waals surface area contributed by atoms with Crippen molar-refractivity contribution in [3.8, 4) is 0 Å². The topological polar surface area (TPSA) is 75.6 Å². The Labute approximate surface area is 109 Å². The molecule has 1 atom stereocenters. The van der Waals surface area contributed by atoms with Gasteiger partial charge in [-0.25, -0.2) is 0 Å². The standard InChI is InChI=1S/C11H14ClN5O/c1-6(8-5-17(3)16-7(8)2)14-11(18)10-9(12)4-13-15-10/h4-6H,1-3H3,(H,13,15)(H,14,18). The van der Waals surface area contributed by atoms with Crippen molar-refractivity contribution in [2.45, 2.75) is 19.9 Å². The Morgan fingerprint density at radius 2 is 2.33 bits per heavy atom. The highest BCUT2D eigenvalue weighted by atomic mass is 35.5. The molecule has 0 aliphatic rings. The zero-order valence-electron chi connectivity index (χ0n) is 10.4. The maximum Gasteiger partial charge on any atom is 0.271 e. The zero-order chi connectivity index (χ0) is 13.3. The summed E-state index contributed by atoms with van der Waals surface area (Å²) in [6, 6.07) is -0.148. The van der Waals surface area contributed by atoms with E-state index in [9.17, 15) is 4.79 Å². The molecule has 0 saturated heterocycles. The van der Waals surface area contributed by atoms with Crippen LogP contribution in [0.1, 0.15) is 34.7 Å². The first-order valence-electron chi connectivity index (χ1n) is 5.49. The van der Waals surface area contributed by atoms with Crippen molar-refractivity contribution in [1.29, 1.82) is 0 Å². The normalized spacial score (nSPS) is 12.4. The second kappa shape index (κ2) is 4.81. The Morgan fingerprint density at radius 3 is 2.83 bits per heavy atom. The first kappa shape index (κ1) is 12.6. The molecule has 0 aliphatic carbocycles. The fourth-order valence-electron chi connectivity index (χ4n) is 1.82. The van der Waals surface area contributed by atoms with Gasteiger partial charge in [0.05, 0.1) is 23.0 Å². The number of aromatic nitrogens is 4. The lowest BCUT2D eigenvalue weighted by atomic mass is 10.1. The van der Waals surface area contributed by atoms with Crippen LogP contribution in [0.15, 0.2) is 12.4 Å². The molecule has 0 saturated carbocycles. The SMILES string of the molecule is Cc1nn(C)cc1C(C)NC(=O)c1[nH]ncc1Cl. The molecule has 2 heterocycles. The van der Waals surface area contributed by atoms with Crippen LogP contribution < -0.4 is 5.32 Å². The number of carbonyl (C=O) groups excluding carboxylic acids is 1. The van der Waals surface area contributed by atoms with E-state index in [4.69, 9.17) is 11.6 Å². The molecule has 18 heavy (non-hydrogen) atoms. The lowest BCUT2D eigenvalue weighted by molar-refractivity contribution is 0.0935. The molecule has 6 nitrogen and oxygen atoms in total. The second-order valence-corrected chi connectivity index (χ2v) is 4.54. The quantitative estimate of drug-likeness (QED) is 0.887. The summed E-state index contributed by atoms with van der Waals surface area (Å²) in [5.41, 5.74) is 2.13. The largest absolute Gasteiger partial charge is 0.344 e. The fourth-order valence-corrected chi connectivity index (χ4v) is 2.00. The molecule has 96 valence electrons. The zero-order valence-corrected chi connectivity index (χ0v) is 11.1. The Hall–Kier alpha value is -1.82. The number of H-pyrrole nitrogens is 1. The van der Waals surface area contributed by atoms with Crippen LogP contribution >= 0.6 is 11.6 Å². The number of aromatic amines is 1. The summed E-state index contributed by atoms with van der Waals surface area (Å²) in [4.78, 5) is 11.9. The molecule has 0 bridgehead atoms. The van der Waals surface area contributed by atoms with Gasteiger partial charge in [-0.15, -0.1) is 0 Å². The minimum Gasteiger partial charge on any atom is -0.344 e. The van der Waals surface area contributed by atoms with Gasteiger partial charge in [0, 0.05) is 18.8 Å². The van der Waals surface area contributed by atoms with Gasteiger partial charge in [0.2, 0.25) is 0 Å². The summed E-state index contributed by atoms with van der Waals surface area (Å²) in [7, 11) is 1.84. The van der Waals surface area contributed by atoms with Crippen LogP contribution in [0.4, 0.5) is 0 Å². The molecule has 2 rings (SSSR count). The van der Waals surface area contributed by atoms with Crippen LogP contribution in [0.25, 0.3) is 0 Å². The summed E-state index contributed by atoms with van der Waals surface area (Å²) in [5, 5.41) is 13.7. The van der Waals surface area contributed by atoms with Crippen molar-refractivity contribution >= 4 is 17.5 Å². The average Bonchev–Trinajstić information content (AvgIpc) is 2.84. The molecule has 0 aromatic carbocycles. The lowest BCUT2D eigenvalue weighted by Crippen LogP contribution is -2.27. The van der Waals surface area contributed by atoms with Gasteiger partial charge in [0.25, 0.3) is 5.91 Å². The van der Waals surface area contributed by atoms with E-state index >= 15 is 0 Å². The molecular weight excluding hydrogens is 254 g/mol. The van der Waals surface area contributed by atoms with Crippen LogP contribution in [0.2, 0.25) is 5.02 Å². The maximum atomic E-state index is 11.9. The summed E-state index contributed by atoms with van der Waals surface area (Å²) in [5.74, 6) is -0.284. The average molecular weight is 268 g/mol. The van der Waals surface area contributed by atoms with Gasteiger partial charge in [-0.05, 0) is 13.8 Å². The molecule has 0 spiro atoms. The van der Waals surface area contributed by atoms with Gasteiger partial charge < -0.3 is 5.32 Å². The fraction of sp³-hybridized carbons (Fsp3) is 0.364. The monoisotopic (exact) mass is 267 g/mol. The number of hydrogen-bond acceptors (Lipinski definition) is 3. The van der Waals surface area contributed by atoms with Crippen molar-refractivity contribution in [1.82, 2.24) is 25.3 Å². The number of rotatable bonds is 3. The Kier molecular flexibility index (Phi) is 3.38. The van der Waals surface area contributed by atoms with Crippen LogP contribution in [0.5, 0.6) is 0 Å². The third-order valence-electron chi connectivity index (χ3n) is 2.69. The molecule has 2 aromatic heterocycles. The highest BCUT2D eigenvalue weighted by Gasteiger charge is 2.18. The van der Waals surface area contributed by atoms with Crippen LogP contribution in [0.3, 0.4) is 0 Å². The van der Waals surface area contributed by atoms with E-state index in [0.717, 1.165) is 11.3 Å². The summed E-state index contributed by atoms with van der Waals surface area (Å²) >= 11 is 5.83. The minimum atomic E-state index is -0.284. The molecule has 0 radical (unpaired) electrons. The van der Waals surface area contributed by atoms with Crippen molar-refractivity contribution in [2.75, 3.05) is 0 Å². The molecule has 2 N–H and O–H groups in total. The van der Waals surface area contributed by atoms with E-state index in [1.807, 2.05) is 27.1 Å². The lowest BCUT2D eigenvalue weighted by Gasteiger charge is -2.12. The van der Waals surface area contributed by atoms with E-state index in [2.05, 4.69) is 20.6 Å². The molecular formula is C11H14ClN5O. The van der Waals surface area contributed by atoms with Gasteiger partial charge in [0.1, 0.15) is 5.69 Å². The highest BCUT2D eigenvalue weighted by Crippen LogP contribution is 2.17. The summed E-state index contributed by atoms with van der Waals surface area (Å²) in [6.45, 7) is 3.80. The van der Waals surface area contributed by atoms with Gasteiger partial charge in [-0.3, -0.25) is 14.6 Å². The van der Waals surface area contributed by atoms with E-state index in [1.165, 1.54) is 6.20 Å². The smallest absolute Gasteiger partial charge is 0.271 e. The van der Waals surface area contributed by atoms with Gasteiger partial charge in [0.15, 0.2) is 0 Å². The summed E-state index contributed by atoms with van der Waals surface area (Å²) in [6.07, 6.45) is 3.28. The molecule has 1 unspecified atom stereocenters. The summed E-state index contributed by atoms with van der Waals surface area (Å²) < 4.78 is 1.72. The van der Waals surface area contributed by atoms with E-state index < -0.39 is 0 Å². The first-order valence-corrected chi connectivity index (χ1v) is 5.86. The third kappa shape index (κ3) is 2.38. The van der Waals surface area contributed by atoms with E-state index in [1.54, 1.807) is 4.68 Å². The van der Waals surface area contributed by atoms with Gasteiger partial charge >= 0.3 is 0 Å². The van der Waals surface area contributed by atoms with Gasteiger partial charge in [-0.2, -0.15) is 10.2 Å². The molecule has 1 amide bonds. The predicted molar refractivity (Wildman–Crippen MR) is 67.4 cm³/mol. The Bertz CT molecular complexity index is 574. The predicted octanol–water partition coefficient (Wildman–Crippen LogP) is 1.60. The van der Waals surface area contributed by atoms with Gasteiger partial charge in [-0.1, -0.05) is 11.6 Å². The Morgan fingerprint density at radius 1 is 1.61 bits per heavy atom. The number of halogens is 1. The van der Waals surface area contributed by atoms with E-state index in [-0.39, 0.29) is 17.6 Å². The maximum absolute atomic E-state index is 11.9. The van der Waals surface area contributed by atoms with Crippen molar-refractivity contribution in [3.05, 3.63) is 34.4 Å². The molecule has 7 heteroatoms. The number of amides is 1. The van der Waals surface area contributed by atoms with E-state index in [0.29, 0.717) is 5.02 Å². The van der Waals surface area contributed by atoms with Crippen LogP contribution in [0, 0.1) is 6.92 Å². The number of nitrogens with zero attached hydrogens (tertiary/aromatic N) is 3. The second-order valence-electron chi connectivity index (χ2n) is 4.13. The highest BCUT2D eigenvalue weighted by molar-refractivity contribution is 6.33. The molecule has 0 fully saturated rings. The Balaban J connectivity index is 2.13. The van der Waals surface area contributed by atoms with Crippen molar-refractivity contribution in [3.63, 3.8) is 0 Å². The third-order valence-corrected chi connectivity index (χ3v) is 2.97. The molecule has 0 aliphatic heterocycles. The van der Waals surface area contributed by atoms with Crippen molar-refractivity contribution < 1.29 is 4.79 Å². The van der Waals surface area contributed by atoms with Crippen molar-refractivity contribution in [2.24, 2.45) is 7.05 Å². The molecule has 2 aromatic rings. The number of carbonyl (C=O) groups is 1. The van der Waals surface area contributed by atoms with Crippen LogP contribution in [-0.4, -0.2) is 25.9 Å². The number of hydrogen-bond donors (Lipinski definition) is 2. The minimum absolute atomic E-state index is 0.148. The first-order chi connectivity index (χ1) is 8.49. The van der Waals surface area contributed by atoms with Crippen LogP contribution in [-0.2, 0) is 7.05 Å². The number of aryl methyl sites for hydroxylation is 2. The number of nitrogens with one attached hydrogen (secondary N) is 2.